The molecule has 0 bridgehead atoms. The van der Waals surface area contributed by atoms with Crippen LogP contribution in [0.15, 0.2) is 48.7 Å². The maximum Gasteiger partial charge on any atom is 0.222 e. The zero-order valence-electron chi connectivity index (χ0n) is 16.2. The summed E-state index contributed by atoms with van der Waals surface area (Å²) in [6.45, 7) is 4.20. The molecule has 0 fully saturated rings. The summed E-state index contributed by atoms with van der Waals surface area (Å²) in [7, 11) is 1.57. The van der Waals surface area contributed by atoms with Gasteiger partial charge >= 0.3 is 0 Å². The highest BCUT2D eigenvalue weighted by molar-refractivity contribution is 5.81. The summed E-state index contributed by atoms with van der Waals surface area (Å²) < 4.78 is 25.8. The van der Waals surface area contributed by atoms with Crippen molar-refractivity contribution in [2.24, 2.45) is 0 Å². The molecule has 2 aromatic carbocycles. The lowest BCUT2D eigenvalue weighted by atomic mass is 10.2. The zero-order chi connectivity index (χ0) is 20.1. The van der Waals surface area contributed by atoms with Crippen LogP contribution >= 0.6 is 0 Å². The van der Waals surface area contributed by atoms with Crippen molar-refractivity contribution in [3.05, 3.63) is 54.5 Å². The number of halogens is 1. The van der Waals surface area contributed by atoms with Crippen LogP contribution in [0.5, 0.6) is 5.75 Å². The number of amides is 1. The van der Waals surface area contributed by atoms with Gasteiger partial charge in [0.1, 0.15) is 17.7 Å². The maximum absolute atomic E-state index is 13.1. The summed E-state index contributed by atoms with van der Waals surface area (Å²) in [5.41, 5.74) is 1.68. The molecule has 1 aromatic heterocycles. The van der Waals surface area contributed by atoms with Crippen LogP contribution in [0.3, 0.4) is 0 Å². The normalized spacial score (nSPS) is 13.3. The molecule has 3 rings (SSSR count). The van der Waals surface area contributed by atoms with Crippen LogP contribution in [0.4, 0.5) is 4.39 Å². The van der Waals surface area contributed by atoms with E-state index in [4.69, 9.17) is 9.47 Å². The molecule has 148 valence electrons. The lowest BCUT2D eigenvalue weighted by molar-refractivity contribution is -0.123. The van der Waals surface area contributed by atoms with E-state index >= 15 is 0 Å². The van der Waals surface area contributed by atoms with Crippen LogP contribution in [-0.4, -0.2) is 41.6 Å². The zero-order valence-corrected chi connectivity index (χ0v) is 16.2. The number of hydrogen-bond acceptors (Lipinski definition) is 4. The van der Waals surface area contributed by atoms with Gasteiger partial charge in [0, 0.05) is 18.9 Å². The number of ether oxygens (including phenoxy) is 2. The van der Waals surface area contributed by atoms with E-state index in [1.807, 2.05) is 32.0 Å². The molecule has 0 saturated heterocycles. The van der Waals surface area contributed by atoms with Crippen molar-refractivity contribution < 1.29 is 18.7 Å². The first-order valence-electron chi connectivity index (χ1n) is 9.16. The number of nitrogens with zero attached hydrogens (tertiary/aromatic N) is 2. The molecule has 0 aliphatic heterocycles. The Morgan fingerprint density at radius 1 is 1.21 bits per heavy atom. The Hall–Kier alpha value is -2.93. The fraction of sp³-hybridized carbons (Fsp3) is 0.333. The van der Waals surface area contributed by atoms with Crippen LogP contribution in [-0.2, 0) is 9.53 Å². The smallest absolute Gasteiger partial charge is 0.222 e. The van der Waals surface area contributed by atoms with Gasteiger partial charge < -0.3 is 14.8 Å². The molecular formula is C21H24FN3O3. The quantitative estimate of drug-likeness (QED) is 0.645. The maximum atomic E-state index is 13.1. The first-order valence-corrected chi connectivity index (χ1v) is 9.16. The minimum Gasteiger partial charge on any atom is -0.489 e. The van der Waals surface area contributed by atoms with Gasteiger partial charge in [-0.1, -0.05) is 0 Å². The van der Waals surface area contributed by atoms with E-state index in [9.17, 15) is 9.18 Å². The van der Waals surface area contributed by atoms with E-state index in [1.165, 1.54) is 12.1 Å². The van der Waals surface area contributed by atoms with Gasteiger partial charge in [0.15, 0.2) is 0 Å². The van der Waals surface area contributed by atoms with Gasteiger partial charge in [-0.2, -0.15) is 5.10 Å². The minimum atomic E-state index is -0.284. The second-order valence-corrected chi connectivity index (χ2v) is 6.68. The summed E-state index contributed by atoms with van der Waals surface area (Å²) in [4.78, 5) is 11.8. The average Bonchev–Trinajstić information content (AvgIpc) is 3.10. The molecule has 3 aromatic rings. The summed E-state index contributed by atoms with van der Waals surface area (Å²) >= 11 is 0. The molecule has 6 nitrogen and oxygen atoms in total. The van der Waals surface area contributed by atoms with Crippen LogP contribution in [0, 0.1) is 5.82 Å². The van der Waals surface area contributed by atoms with E-state index in [1.54, 1.807) is 30.1 Å². The molecule has 1 N–H and O–H groups in total. The van der Waals surface area contributed by atoms with Crippen molar-refractivity contribution in [2.75, 3.05) is 13.7 Å². The molecule has 2 atom stereocenters. The molecule has 28 heavy (non-hydrogen) atoms. The molecule has 1 amide bonds. The second-order valence-electron chi connectivity index (χ2n) is 6.68. The molecule has 0 unspecified atom stereocenters. The number of rotatable bonds is 8. The van der Waals surface area contributed by atoms with E-state index in [2.05, 4.69) is 10.4 Å². The van der Waals surface area contributed by atoms with E-state index in [0.717, 1.165) is 16.6 Å². The molecular weight excluding hydrogens is 361 g/mol. The third-order valence-electron chi connectivity index (χ3n) is 4.56. The molecule has 0 spiro atoms. The van der Waals surface area contributed by atoms with Crippen molar-refractivity contribution in [1.82, 2.24) is 15.1 Å². The third-order valence-corrected chi connectivity index (χ3v) is 4.56. The van der Waals surface area contributed by atoms with Gasteiger partial charge in [0.25, 0.3) is 0 Å². The Bertz CT molecular complexity index is 940. The molecule has 0 saturated carbocycles. The summed E-state index contributed by atoms with van der Waals surface area (Å²) in [5.74, 6) is 0.339. The molecule has 7 heteroatoms. The highest BCUT2D eigenvalue weighted by Gasteiger charge is 2.17. The van der Waals surface area contributed by atoms with Gasteiger partial charge in [0.2, 0.25) is 5.91 Å². The predicted octanol–water partition coefficient (Wildman–Crippen LogP) is 3.47. The van der Waals surface area contributed by atoms with Crippen molar-refractivity contribution in [2.45, 2.75) is 32.4 Å². The minimum absolute atomic E-state index is 0.0687. The van der Waals surface area contributed by atoms with Gasteiger partial charge in [-0.05, 0) is 56.3 Å². The highest BCUT2D eigenvalue weighted by atomic mass is 19.1. The number of hydrogen-bond donors (Lipinski definition) is 1. The largest absolute Gasteiger partial charge is 0.489 e. The van der Waals surface area contributed by atoms with E-state index in [0.29, 0.717) is 18.8 Å². The monoisotopic (exact) mass is 385 g/mol. The first kappa shape index (κ1) is 19.8. The standard InChI is InChI=1S/C21H24FN3O3/c1-14(24-21(26)10-11-27-3)15(2)28-19-8-9-20-16(12-19)13-23-25(20)18-6-4-17(22)5-7-18/h4-9,12-15H,10-11H2,1-3H3,(H,24,26)/t14-,15+/m0/s1. The number of nitrogens with one attached hydrogen (secondary N) is 1. The molecule has 0 aliphatic carbocycles. The molecule has 0 radical (unpaired) electrons. The van der Waals surface area contributed by atoms with Gasteiger partial charge in [-0.25, -0.2) is 9.07 Å². The topological polar surface area (TPSA) is 65.4 Å². The van der Waals surface area contributed by atoms with E-state index in [-0.39, 0.29) is 23.9 Å². The Morgan fingerprint density at radius 3 is 2.68 bits per heavy atom. The number of fused-ring (bicyclic) bond motifs is 1. The van der Waals surface area contributed by atoms with Crippen molar-refractivity contribution >= 4 is 16.8 Å². The Kier molecular flexibility index (Phi) is 6.26. The van der Waals surface area contributed by atoms with Gasteiger partial charge in [-0.15, -0.1) is 0 Å². The van der Waals surface area contributed by atoms with Gasteiger partial charge in [-0.3, -0.25) is 4.79 Å². The average molecular weight is 385 g/mol. The predicted molar refractivity (Wildman–Crippen MR) is 105 cm³/mol. The van der Waals surface area contributed by atoms with Gasteiger partial charge in [0.05, 0.1) is 30.0 Å². The first-order chi connectivity index (χ1) is 13.5. The van der Waals surface area contributed by atoms with E-state index < -0.39 is 0 Å². The van der Waals surface area contributed by atoms with Crippen LogP contribution < -0.4 is 10.1 Å². The summed E-state index contributed by atoms with van der Waals surface area (Å²) in [6.07, 6.45) is 1.85. The number of benzene rings is 2. The Labute approximate surface area is 163 Å². The third kappa shape index (κ3) is 4.67. The van der Waals surface area contributed by atoms with Crippen molar-refractivity contribution in [3.63, 3.8) is 0 Å². The highest BCUT2D eigenvalue weighted by Crippen LogP contribution is 2.24. The SMILES string of the molecule is COCCC(=O)N[C@@H](C)[C@@H](C)Oc1ccc2c(cnn2-c2ccc(F)cc2)c1. The van der Waals surface area contributed by atoms with Crippen LogP contribution in [0.2, 0.25) is 0 Å². The fourth-order valence-corrected chi connectivity index (χ4v) is 2.83. The second kappa shape index (κ2) is 8.84. The molecule has 1 heterocycles. The molecule has 0 aliphatic rings. The van der Waals surface area contributed by atoms with Crippen molar-refractivity contribution in [3.8, 4) is 11.4 Å². The number of methoxy groups -OCH3 is 1. The number of carbonyl (C=O) groups excluding carboxylic acids is 1. The Morgan fingerprint density at radius 2 is 1.96 bits per heavy atom. The summed E-state index contributed by atoms with van der Waals surface area (Å²) in [6, 6.07) is 11.7. The van der Waals surface area contributed by atoms with Crippen molar-refractivity contribution in [1.29, 1.82) is 0 Å². The fourth-order valence-electron chi connectivity index (χ4n) is 2.83. The van der Waals surface area contributed by atoms with Crippen LogP contribution in [0.25, 0.3) is 16.6 Å². The summed E-state index contributed by atoms with van der Waals surface area (Å²) in [5, 5.41) is 8.21. The number of carbonyl (C=O) groups is 1. The van der Waals surface area contributed by atoms with Crippen LogP contribution in [0.1, 0.15) is 20.3 Å². The lowest BCUT2D eigenvalue weighted by Gasteiger charge is -2.22. The lowest BCUT2D eigenvalue weighted by Crippen LogP contribution is -2.42. The number of aromatic nitrogens is 2. The Balaban J connectivity index is 1.69.